The van der Waals surface area contributed by atoms with E-state index in [9.17, 15) is 9.59 Å². The first-order valence-corrected chi connectivity index (χ1v) is 6.83. The molecule has 1 aromatic carbocycles. The van der Waals surface area contributed by atoms with Crippen LogP contribution in [0.15, 0.2) is 34.4 Å². The molecule has 0 atom stereocenters. The first kappa shape index (κ1) is 16.3. The van der Waals surface area contributed by atoms with Crippen molar-refractivity contribution < 1.29 is 14.7 Å². The van der Waals surface area contributed by atoms with Crippen molar-refractivity contribution in [3.05, 3.63) is 45.6 Å². The van der Waals surface area contributed by atoms with E-state index in [4.69, 9.17) is 17.3 Å². The fourth-order valence-electron chi connectivity index (χ4n) is 1.34. The van der Waals surface area contributed by atoms with E-state index < -0.39 is 11.9 Å². The standard InChI is InChI=1S/C13H13BrN2O3S/c1-3-7(2)15-13(20)16-11(17)9-5-4-8(14)6-10(9)12(18)19/h3-6H,1-2H3,(H,18,19)(H2,15,16,17,20)/b7-3-. The molecule has 0 aliphatic carbocycles. The number of allylic oxidation sites excluding steroid dienone is 2. The molecule has 0 heterocycles. The average molecular weight is 357 g/mol. The smallest absolute Gasteiger partial charge is 0.336 e. The molecule has 0 aliphatic heterocycles. The van der Waals surface area contributed by atoms with Crippen molar-refractivity contribution in [2.45, 2.75) is 13.8 Å². The van der Waals surface area contributed by atoms with E-state index in [-0.39, 0.29) is 16.2 Å². The maximum absolute atomic E-state index is 12.0. The van der Waals surface area contributed by atoms with Gasteiger partial charge in [0, 0.05) is 10.2 Å². The summed E-state index contributed by atoms with van der Waals surface area (Å²) in [7, 11) is 0. The average Bonchev–Trinajstić information content (AvgIpc) is 2.37. The number of rotatable bonds is 3. The number of hydrogen-bond donors (Lipinski definition) is 3. The Morgan fingerprint density at radius 1 is 1.30 bits per heavy atom. The summed E-state index contributed by atoms with van der Waals surface area (Å²) in [6.45, 7) is 3.62. The van der Waals surface area contributed by atoms with Crippen LogP contribution in [0.5, 0.6) is 0 Å². The molecule has 7 heteroatoms. The fourth-order valence-corrected chi connectivity index (χ4v) is 1.96. The molecule has 0 fully saturated rings. The van der Waals surface area contributed by atoms with Crippen molar-refractivity contribution in [3.63, 3.8) is 0 Å². The summed E-state index contributed by atoms with van der Waals surface area (Å²) >= 11 is 8.13. The van der Waals surface area contributed by atoms with Crippen molar-refractivity contribution in [1.82, 2.24) is 10.6 Å². The molecular weight excluding hydrogens is 344 g/mol. The molecule has 1 rings (SSSR count). The molecule has 0 bridgehead atoms. The van der Waals surface area contributed by atoms with Gasteiger partial charge in [0.15, 0.2) is 5.11 Å². The number of halogens is 1. The van der Waals surface area contributed by atoms with Gasteiger partial charge in [-0.3, -0.25) is 10.1 Å². The normalized spacial score (nSPS) is 10.8. The molecular formula is C13H13BrN2O3S. The molecule has 0 aromatic heterocycles. The van der Waals surface area contributed by atoms with Gasteiger partial charge in [0.1, 0.15) is 0 Å². The van der Waals surface area contributed by atoms with Gasteiger partial charge < -0.3 is 10.4 Å². The highest BCUT2D eigenvalue weighted by Crippen LogP contribution is 2.16. The minimum atomic E-state index is -1.18. The molecule has 5 nitrogen and oxygen atoms in total. The molecule has 3 N–H and O–H groups in total. The third kappa shape index (κ3) is 4.43. The Balaban J connectivity index is 2.93. The van der Waals surface area contributed by atoms with E-state index in [0.717, 1.165) is 5.70 Å². The van der Waals surface area contributed by atoms with Crippen molar-refractivity contribution >= 4 is 45.1 Å². The number of carboxylic acids is 1. The largest absolute Gasteiger partial charge is 0.478 e. The number of carbonyl (C=O) groups is 2. The van der Waals surface area contributed by atoms with E-state index in [0.29, 0.717) is 4.47 Å². The number of benzene rings is 1. The molecule has 106 valence electrons. The van der Waals surface area contributed by atoms with Crippen molar-refractivity contribution in [2.24, 2.45) is 0 Å². The number of hydrogen-bond acceptors (Lipinski definition) is 3. The van der Waals surface area contributed by atoms with Gasteiger partial charge >= 0.3 is 5.97 Å². The van der Waals surface area contributed by atoms with Crippen molar-refractivity contribution in [3.8, 4) is 0 Å². The van der Waals surface area contributed by atoms with Crippen molar-refractivity contribution in [1.29, 1.82) is 0 Å². The van der Waals surface area contributed by atoms with Gasteiger partial charge in [-0.15, -0.1) is 0 Å². The van der Waals surface area contributed by atoms with E-state index in [1.54, 1.807) is 19.1 Å². The third-order valence-corrected chi connectivity index (χ3v) is 3.12. The maximum Gasteiger partial charge on any atom is 0.336 e. The van der Waals surface area contributed by atoms with Crippen LogP contribution in [0.3, 0.4) is 0 Å². The monoisotopic (exact) mass is 356 g/mol. The van der Waals surface area contributed by atoms with Crippen LogP contribution in [0.25, 0.3) is 0 Å². The van der Waals surface area contributed by atoms with Crippen LogP contribution >= 0.6 is 28.1 Å². The Morgan fingerprint density at radius 2 is 1.95 bits per heavy atom. The molecule has 0 aliphatic rings. The molecule has 0 spiro atoms. The van der Waals surface area contributed by atoms with Crippen LogP contribution in [0, 0.1) is 0 Å². The number of carbonyl (C=O) groups excluding carboxylic acids is 1. The highest BCUT2D eigenvalue weighted by Gasteiger charge is 2.17. The number of nitrogens with one attached hydrogen (secondary N) is 2. The zero-order chi connectivity index (χ0) is 15.3. The second kappa shape index (κ2) is 7.16. The lowest BCUT2D eigenvalue weighted by molar-refractivity contribution is 0.0691. The Bertz CT molecular complexity index is 599. The molecule has 0 radical (unpaired) electrons. The number of carboxylic acid groups (broad SMARTS) is 1. The maximum atomic E-state index is 12.0. The summed E-state index contributed by atoms with van der Waals surface area (Å²) in [6.07, 6.45) is 1.79. The molecule has 1 amide bonds. The summed E-state index contributed by atoms with van der Waals surface area (Å²) in [6, 6.07) is 4.38. The zero-order valence-electron chi connectivity index (χ0n) is 10.9. The minimum Gasteiger partial charge on any atom is -0.478 e. The predicted molar refractivity (Wildman–Crippen MR) is 83.7 cm³/mol. The number of thiocarbonyl (C=S) groups is 1. The first-order chi connectivity index (χ1) is 9.35. The lowest BCUT2D eigenvalue weighted by Crippen LogP contribution is -2.38. The van der Waals surface area contributed by atoms with Gasteiger partial charge in [-0.25, -0.2) is 4.79 Å². The topological polar surface area (TPSA) is 78.4 Å². The molecule has 0 unspecified atom stereocenters. The van der Waals surface area contributed by atoms with E-state index in [1.165, 1.54) is 12.1 Å². The van der Waals surface area contributed by atoms with Gasteiger partial charge in [0.05, 0.1) is 11.1 Å². The Labute approximate surface area is 130 Å². The van der Waals surface area contributed by atoms with Crippen LogP contribution in [0.1, 0.15) is 34.6 Å². The van der Waals surface area contributed by atoms with Crippen LogP contribution in [0.2, 0.25) is 0 Å². The SMILES string of the molecule is C/C=C(/C)NC(=S)NC(=O)c1ccc(Br)cc1C(=O)O. The van der Waals surface area contributed by atoms with Crippen molar-refractivity contribution in [2.75, 3.05) is 0 Å². The quantitative estimate of drug-likeness (QED) is 0.725. The lowest BCUT2D eigenvalue weighted by atomic mass is 10.1. The van der Waals surface area contributed by atoms with Gasteiger partial charge in [-0.1, -0.05) is 22.0 Å². The Morgan fingerprint density at radius 3 is 2.50 bits per heavy atom. The van der Waals surface area contributed by atoms with Gasteiger partial charge in [-0.05, 0) is 44.3 Å². The van der Waals surface area contributed by atoms with E-state index in [1.807, 2.05) is 6.92 Å². The second-order valence-corrected chi connectivity index (χ2v) is 5.20. The summed E-state index contributed by atoms with van der Waals surface area (Å²) in [4.78, 5) is 23.2. The van der Waals surface area contributed by atoms with E-state index >= 15 is 0 Å². The Hall–Kier alpha value is -1.73. The minimum absolute atomic E-state index is 0.0444. The van der Waals surface area contributed by atoms with E-state index in [2.05, 4.69) is 26.6 Å². The number of amides is 1. The predicted octanol–water partition coefficient (Wildman–Crippen LogP) is 2.68. The van der Waals surface area contributed by atoms with Gasteiger partial charge in [0.2, 0.25) is 0 Å². The van der Waals surface area contributed by atoms with Gasteiger partial charge in [-0.2, -0.15) is 0 Å². The highest BCUT2D eigenvalue weighted by molar-refractivity contribution is 9.10. The van der Waals surface area contributed by atoms with Gasteiger partial charge in [0.25, 0.3) is 5.91 Å². The summed E-state index contributed by atoms with van der Waals surface area (Å²) in [5, 5.41) is 14.4. The van der Waals surface area contributed by atoms with Crippen LogP contribution in [-0.2, 0) is 0 Å². The molecule has 0 saturated carbocycles. The summed E-state index contributed by atoms with van der Waals surface area (Å²) in [5.74, 6) is -1.75. The fraction of sp³-hybridized carbons (Fsp3) is 0.154. The molecule has 20 heavy (non-hydrogen) atoms. The zero-order valence-corrected chi connectivity index (χ0v) is 13.3. The second-order valence-electron chi connectivity index (χ2n) is 3.87. The Kier molecular flexibility index (Phi) is 5.84. The van der Waals surface area contributed by atoms with Crippen LogP contribution in [-0.4, -0.2) is 22.1 Å². The summed E-state index contributed by atoms with van der Waals surface area (Å²) < 4.78 is 0.580. The number of aromatic carboxylic acids is 1. The lowest BCUT2D eigenvalue weighted by Gasteiger charge is -2.11. The summed E-state index contributed by atoms with van der Waals surface area (Å²) in [5.41, 5.74) is 0.731. The third-order valence-electron chi connectivity index (χ3n) is 2.43. The highest BCUT2D eigenvalue weighted by atomic mass is 79.9. The first-order valence-electron chi connectivity index (χ1n) is 5.63. The molecule has 1 aromatic rings. The molecule has 0 saturated heterocycles. The van der Waals surface area contributed by atoms with Crippen LogP contribution in [0.4, 0.5) is 0 Å². The van der Waals surface area contributed by atoms with Crippen LogP contribution < -0.4 is 10.6 Å².